The van der Waals surface area contributed by atoms with Crippen molar-refractivity contribution in [2.75, 3.05) is 24.5 Å². The molecule has 1 aliphatic heterocycles. The molecule has 1 unspecified atom stereocenters. The molecule has 148 valence electrons. The highest BCUT2D eigenvalue weighted by Crippen LogP contribution is 2.26. The summed E-state index contributed by atoms with van der Waals surface area (Å²) in [5, 5.41) is 4.67. The van der Waals surface area contributed by atoms with E-state index in [9.17, 15) is 4.79 Å². The van der Waals surface area contributed by atoms with Gasteiger partial charge in [0.1, 0.15) is 10.7 Å². The minimum absolute atomic E-state index is 0.374. The van der Waals surface area contributed by atoms with Gasteiger partial charge in [0.25, 0.3) is 0 Å². The molecule has 0 spiro atoms. The number of hydrogen-bond acceptors (Lipinski definition) is 6. The highest BCUT2D eigenvalue weighted by molar-refractivity contribution is 6.29. The molecule has 1 aromatic carbocycles. The van der Waals surface area contributed by atoms with E-state index >= 15 is 0 Å². The van der Waals surface area contributed by atoms with E-state index in [0.717, 1.165) is 30.7 Å². The van der Waals surface area contributed by atoms with Gasteiger partial charge in [0.2, 0.25) is 0 Å². The Morgan fingerprint density at radius 2 is 2.10 bits per heavy atom. The van der Waals surface area contributed by atoms with Crippen LogP contribution in [0.25, 0.3) is 27.9 Å². The van der Waals surface area contributed by atoms with Crippen LogP contribution >= 0.6 is 11.6 Å². The van der Waals surface area contributed by atoms with E-state index in [2.05, 4.69) is 33.2 Å². The minimum atomic E-state index is -0.413. The van der Waals surface area contributed by atoms with Crippen molar-refractivity contribution in [2.45, 2.75) is 19.9 Å². The molecule has 1 atom stereocenters. The van der Waals surface area contributed by atoms with Crippen LogP contribution in [0.3, 0.4) is 0 Å². The quantitative estimate of drug-likeness (QED) is 0.512. The Morgan fingerprint density at radius 3 is 2.93 bits per heavy atom. The van der Waals surface area contributed by atoms with Crippen molar-refractivity contribution in [1.82, 2.24) is 19.7 Å². The maximum absolute atomic E-state index is 12.7. The Morgan fingerprint density at radius 1 is 1.24 bits per heavy atom. The van der Waals surface area contributed by atoms with Crippen LogP contribution in [0.15, 0.2) is 45.9 Å². The van der Waals surface area contributed by atoms with Crippen LogP contribution < -0.4 is 15.8 Å². The molecule has 4 aromatic rings. The number of nitrogens with one attached hydrogen (secondary N) is 1. The molecular formula is C21H20ClN5O2. The third-order valence-electron chi connectivity index (χ3n) is 5.31. The van der Waals surface area contributed by atoms with Crippen molar-refractivity contribution in [1.29, 1.82) is 0 Å². The summed E-state index contributed by atoms with van der Waals surface area (Å²) in [7, 11) is 0. The smallest absolute Gasteiger partial charge is 0.345 e. The summed E-state index contributed by atoms with van der Waals surface area (Å²) in [6, 6.07) is 8.26. The third kappa shape index (κ3) is 3.26. The predicted octanol–water partition coefficient (Wildman–Crippen LogP) is 3.26. The van der Waals surface area contributed by atoms with E-state index in [0.29, 0.717) is 39.4 Å². The lowest BCUT2D eigenvalue weighted by molar-refractivity contribution is 0.484. The molecule has 0 aliphatic carbocycles. The molecule has 8 heteroatoms. The molecule has 0 saturated carbocycles. The number of halogens is 1. The second-order valence-corrected chi connectivity index (χ2v) is 7.86. The van der Waals surface area contributed by atoms with E-state index in [4.69, 9.17) is 16.0 Å². The van der Waals surface area contributed by atoms with Gasteiger partial charge in [-0.15, -0.1) is 0 Å². The second kappa shape index (κ2) is 6.86. The maximum Gasteiger partial charge on any atom is 0.345 e. The Balaban J connectivity index is 1.58. The lowest BCUT2D eigenvalue weighted by Gasteiger charge is -2.33. The number of aryl methyl sites for hydroxylation is 1. The number of piperazine rings is 1. The van der Waals surface area contributed by atoms with Crippen LogP contribution in [0.4, 0.5) is 5.69 Å². The van der Waals surface area contributed by atoms with Crippen LogP contribution in [0.1, 0.15) is 12.6 Å². The Bertz CT molecular complexity index is 1300. The van der Waals surface area contributed by atoms with Crippen LogP contribution in [-0.4, -0.2) is 40.0 Å². The minimum Gasteiger partial charge on any atom is -0.422 e. The largest absolute Gasteiger partial charge is 0.422 e. The van der Waals surface area contributed by atoms with Gasteiger partial charge in [-0.05, 0) is 32.0 Å². The highest BCUT2D eigenvalue weighted by Gasteiger charge is 2.18. The summed E-state index contributed by atoms with van der Waals surface area (Å²) >= 11 is 6.03. The molecule has 0 radical (unpaired) electrons. The van der Waals surface area contributed by atoms with Gasteiger partial charge in [0.15, 0.2) is 5.65 Å². The summed E-state index contributed by atoms with van der Waals surface area (Å²) in [6.45, 7) is 6.78. The van der Waals surface area contributed by atoms with E-state index in [1.807, 2.05) is 25.1 Å². The molecule has 29 heavy (non-hydrogen) atoms. The van der Waals surface area contributed by atoms with E-state index < -0.39 is 5.63 Å². The first-order valence-electron chi connectivity index (χ1n) is 9.56. The van der Waals surface area contributed by atoms with Gasteiger partial charge in [-0.3, -0.25) is 0 Å². The van der Waals surface area contributed by atoms with Gasteiger partial charge in [0.05, 0.1) is 17.0 Å². The van der Waals surface area contributed by atoms with Gasteiger partial charge < -0.3 is 19.0 Å². The van der Waals surface area contributed by atoms with Gasteiger partial charge in [0, 0.05) is 55.2 Å². The van der Waals surface area contributed by atoms with Crippen molar-refractivity contribution < 1.29 is 4.42 Å². The molecular weight excluding hydrogens is 390 g/mol. The average molecular weight is 410 g/mol. The van der Waals surface area contributed by atoms with Crippen molar-refractivity contribution in [2.24, 2.45) is 0 Å². The third-order valence-corrected chi connectivity index (χ3v) is 5.49. The van der Waals surface area contributed by atoms with Crippen molar-refractivity contribution >= 4 is 33.9 Å². The zero-order valence-corrected chi connectivity index (χ0v) is 16.9. The summed E-state index contributed by atoms with van der Waals surface area (Å²) in [5.74, 6) is 0. The van der Waals surface area contributed by atoms with Gasteiger partial charge in [-0.25, -0.2) is 14.8 Å². The number of imidazole rings is 1. The number of aromatic nitrogens is 3. The first kappa shape index (κ1) is 18.1. The molecule has 0 amide bonds. The number of fused-ring (bicyclic) bond motifs is 2. The monoisotopic (exact) mass is 409 g/mol. The standard InChI is InChI=1S/C21H20ClN5O2/c1-12-9-26(6-5-23-12)15-4-3-14-7-16(21(28)29-18(14)8-15)17-10-27-11-19(22)24-13(2)20(27)25-17/h3-4,7-8,10-12,23H,5-6,9H2,1-2H3. The lowest BCUT2D eigenvalue weighted by Crippen LogP contribution is -2.49. The number of benzene rings is 1. The summed E-state index contributed by atoms with van der Waals surface area (Å²) in [4.78, 5) is 23.8. The molecule has 4 heterocycles. The van der Waals surface area contributed by atoms with Crippen molar-refractivity contribution in [3.63, 3.8) is 0 Å². The van der Waals surface area contributed by atoms with E-state index in [1.165, 1.54) is 0 Å². The second-order valence-electron chi connectivity index (χ2n) is 7.48. The van der Waals surface area contributed by atoms with Crippen molar-refractivity contribution in [3.8, 4) is 11.3 Å². The zero-order valence-electron chi connectivity index (χ0n) is 16.1. The zero-order chi connectivity index (χ0) is 20.1. The number of anilines is 1. The fraction of sp³-hybridized carbons (Fsp3) is 0.286. The summed E-state index contributed by atoms with van der Waals surface area (Å²) in [5.41, 5.74) is 3.53. The Kier molecular flexibility index (Phi) is 4.29. The first-order valence-corrected chi connectivity index (χ1v) is 9.94. The molecule has 5 rings (SSSR count). The molecule has 1 aliphatic rings. The molecule has 1 fully saturated rings. The van der Waals surface area contributed by atoms with Crippen LogP contribution in [0.5, 0.6) is 0 Å². The Hall–Kier alpha value is -2.90. The van der Waals surface area contributed by atoms with Crippen LogP contribution in [0, 0.1) is 6.92 Å². The normalized spacial score (nSPS) is 17.3. The molecule has 0 bridgehead atoms. The van der Waals surface area contributed by atoms with Crippen LogP contribution in [0.2, 0.25) is 5.15 Å². The first-order chi connectivity index (χ1) is 14.0. The summed E-state index contributed by atoms with van der Waals surface area (Å²) < 4.78 is 7.44. The van der Waals surface area contributed by atoms with Gasteiger partial charge in [-0.1, -0.05) is 11.6 Å². The van der Waals surface area contributed by atoms with Crippen molar-refractivity contribution in [3.05, 3.63) is 57.9 Å². The topological polar surface area (TPSA) is 75.7 Å². The molecule has 1 saturated heterocycles. The number of hydrogen-bond donors (Lipinski definition) is 1. The fourth-order valence-corrected chi connectivity index (χ4v) is 4.12. The predicted molar refractivity (Wildman–Crippen MR) is 114 cm³/mol. The summed E-state index contributed by atoms with van der Waals surface area (Å²) in [6.07, 6.45) is 3.44. The van der Waals surface area contributed by atoms with E-state index in [1.54, 1.807) is 16.8 Å². The average Bonchev–Trinajstić information content (AvgIpc) is 3.11. The Labute approximate surface area is 171 Å². The van der Waals surface area contributed by atoms with Gasteiger partial charge in [-0.2, -0.15) is 0 Å². The van der Waals surface area contributed by atoms with Crippen LogP contribution in [-0.2, 0) is 0 Å². The SMILES string of the molecule is Cc1nc(Cl)cn2cc(-c3cc4ccc(N5CCNC(C)C5)cc4oc3=O)nc12. The number of nitrogens with zero attached hydrogens (tertiary/aromatic N) is 4. The lowest BCUT2D eigenvalue weighted by atomic mass is 10.1. The molecule has 1 N–H and O–H groups in total. The number of rotatable bonds is 2. The highest BCUT2D eigenvalue weighted by atomic mass is 35.5. The molecule has 7 nitrogen and oxygen atoms in total. The van der Waals surface area contributed by atoms with Gasteiger partial charge >= 0.3 is 5.63 Å². The van der Waals surface area contributed by atoms with E-state index in [-0.39, 0.29) is 0 Å². The molecule has 3 aromatic heterocycles. The fourth-order valence-electron chi connectivity index (χ4n) is 3.89. The maximum atomic E-state index is 12.7.